The van der Waals surface area contributed by atoms with Crippen LogP contribution in [-0.4, -0.2) is 41.1 Å². The lowest BCUT2D eigenvalue weighted by Gasteiger charge is -2.34. The van der Waals surface area contributed by atoms with Crippen molar-refractivity contribution in [3.05, 3.63) is 29.3 Å². The second-order valence-corrected chi connectivity index (χ2v) is 8.11. The molecule has 1 fully saturated rings. The van der Waals surface area contributed by atoms with Gasteiger partial charge >= 0.3 is 5.97 Å². The molecule has 24 heavy (non-hydrogen) atoms. The van der Waals surface area contributed by atoms with Gasteiger partial charge in [-0.1, -0.05) is 18.6 Å². The minimum Gasteiger partial charge on any atom is -0.465 e. The normalized spacial score (nSPS) is 17.0. The van der Waals surface area contributed by atoms with Crippen LogP contribution in [0.5, 0.6) is 0 Å². The number of halogens is 1. The van der Waals surface area contributed by atoms with Crippen molar-refractivity contribution in [1.29, 1.82) is 0 Å². The Morgan fingerprint density at radius 3 is 2.54 bits per heavy atom. The van der Waals surface area contributed by atoms with Gasteiger partial charge in [0.1, 0.15) is 0 Å². The minimum atomic E-state index is -3.77. The Balaban J connectivity index is 0.00000288. The van der Waals surface area contributed by atoms with Gasteiger partial charge < -0.3 is 10.1 Å². The number of benzene rings is 1. The number of sulfonamides is 1. The van der Waals surface area contributed by atoms with Crippen molar-refractivity contribution in [2.24, 2.45) is 5.41 Å². The predicted molar refractivity (Wildman–Crippen MR) is 95.2 cm³/mol. The number of esters is 1. The van der Waals surface area contributed by atoms with Crippen LogP contribution >= 0.6 is 12.4 Å². The molecule has 6 nitrogen and oxygen atoms in total. The number of hydrogen-bond acceptors (Lipinski definition) is 5. The highest BCUT2D eigenvalue weighted by molar-refractivity contribution is 7.89. The molecule has 0 bridgehead atoms. The van der Waals surface area contributed by atoms with E-state index in [4.69, 9.17) is 4.74 Å². The van der Waals surface area contributed by atoms with Gasteiger partial charge in [0.15, 0.2) is 0 Å². The summed E-state index contributed by atoms with van der Waals surface area (Å²) >= 11 is 0. The lowest BCUT2D eigenvalue weighted by molar-refractivity contribution is 0.0596. The summed E-state index contributed by atoms with van der Waals surface area (Å²) in [5.74, 6) is -0.651. The molecule has 0 atom stereocenters. The second kappa shape index (κ2) is 8.29. The van der Waals surface area contributed by atoms with Crippen LogP contribution in [0.4, 0.5) is 0 Å². The molecule has 2 rings (SSSR count). The maximum atomic E-state index is 12.6. The maximum Gasteiger partial charge on any atom is 0.339 e. The van der Waals surface area contributed by atoms with E-state index in [0.29, 0.717) is 6.54 Å². The zero-order valence-electron chi connectivity index (χ0n) is 14.2. The molecule has 0 aliphatic carbocycles. The molecule has 0 saturated carbocycles. The second-order valence-electron chi connectivity index (χ2n) is 6.38. The molecule has 136 valence electrons. The van der Waals surface area contributed by atoms with E-state index in [9.17, 15) is 13.2 Å². The van der Waals surface area contributed by atoms with Gasteiger partial charge in [-0.3, -0.25) is 0 Å². The summed E-state index contributed by atoms with van der Waals surface area (Å²) in [6, 6.07) is 4.66. The lowest BCUT2D eigenvalue weighted by Crippen LogP contribution is -2.43. The topological polar surface area (TPSA) is 84.5 Å². The summed E-state index contributed by atoms with van der Waals surface area (Å²) in [6.07, 6.45) is 1.82. The first-order valence-electron chi connectivity index (χ1n) is 7.67. The Kier molecular flexibility index (Phi) is 7.22. The zero-order chi connectivity index (χ0) is 17.1. The molecule has 1 aliphatic rings. The lowest BCUT2D eigenvalue weighted by atomic mass is 9.81. The van der Waals surface area contributed by atoms with E-state index in [1.54, 1.807) is 13.0 Å². The van der Waals surface area contributed by atoms with E-state index in [-0.39, 0.29) is 28.3 Å². The van der Waals surface area contributed by atoms with E-state index in [2.05, 4.69) is 17.0 Å². The molecular formula is C16H25ClN2O4S. The van der Waals surface area contributed by atoms with E-state index >= 15 is 0 Å². The van der Waals surface area contributed by atoms with Gasteiger partial charge in [-0.2, -0.15) is 0 Å². The quantitative estimate of drug-likeness (QED) is 0.766. The first kappa shape index (κ1) is 20.9. The highest BCUT2D eigenvalue weighted by Crippen LogP contribution is 2.28. The van der Waals surface area contributed by atoms with E-state index in [0.717, 1.165) is 31.5 Å². The fraction of sp³-hybridized carbons (Fsp3) is 0.562. The molecule has 0 amide bonds. The molecule has 1 aliphatic heterocycles. The van der Waals surface area contributed by atoms with Crippen molar-refractivity contribution in [2.75, 3.05) is 26.7 Å². The highest BCUT2D eigenvalue weighted by atomic mass is 35.5. The van der Waals surface area contributed by atoms with Crippen LogP contribution in [0.15, 0.2) is 23.1 Å². The monoisotopic (exact) mass is 376 g/mol. The first-order chi connectivity index (χ1) is 10.8. The van der Waals surface area contributed by atoms with Crippen LogP contribution in [0.2, 0.25) is 0 Å². The third-order valence-corrected chi connectivity index (χ3v) is 5.79. The van der Waals surface area contributed by atoms with Crippen molar-refractivity contribution in [3.8, 4) is 0 Å². The molecule has 8 heteroatoms. The number of piperidine rings is 1. The summed E-state index contributed by atoms with van der Waals surface area (Å²) in [4.78, 5) is 11.8. The summed E-state index contributed by atoms with van der Waals surface area (Å²) in [7, 11) is -2.53. The molecule has 1 heterocycles. The number of aryl methyl sites for hydroxylation is 1. The number of carbonyl (C=O) groups excluding carboxylic acids is 1. The van der Waals surface area contributed by atoms with Crippen molar-refractivity contribution >= 4 is 28.4 Å². The molecule has 1 saturated heterocycles. The fourth-order valence-corrected chi connectivity index (χ4v) is 4.07. The maximum absolute atomic E-state index is 12.6. The Hall–Kier alpha value is -1.15. The van der Waals surface area contributed by atoms with Gasteiger partial charge in [0, 0.05) is 6.54 Å². The SMILES string of the molecule is COC(=O)c1cc(C)ccc1S(=O)(=O)NCC1(C)CCNCC1.Cl. The predicted octanol–water partition coefficient (Wildman–Crippen LogP) is 1.87. The van der Waals surface area contributed by atoms with Gasteiger partial charge in [0.2, 0.25) is 10.0 Å². The van der Waals surface area contributed by atoms with E-state index in [1.807, 2.05) is 0 Å². The molecular weight excluding hydrogens is 352 g/mol. The summed E-state index contributed by atoms with van der Waals surface area (Å²) < 4.78 is 32.6. The molecule has 2 N–H and O–H groups in total. The summed E-state index contributed by atoms with van der Waals surface area (Å²) in [6.45, 7) is 6.00. The molecule has 1 aromatic rings. The minimum absolute atomic E-state index is 0. The third kappa shape index (κ3) is 4.92. The van der Waals surface area contributed by atoms with Crippen molar-refractivity contribution in [3.63, 3.8) is 0 Å². The number of rotatable bonds is 5. The molecule has 0 radical (unpaired) electrons. The van der Waals surface area contributed by atoms with Crippen LogP contribution in [0, 0.1) is 12.3 Å². The molecule has 0 spiro atoms. The Morgan fingerprint density at radius 1 is 1.33 bits per heavy atom. The summed E-state index contributed by atoms with van der Waals surface area (Å²) in [5, 5.41) is 3.27. The average Bonchev–Trinajstić information content (AvgIpc) is 2.53. The van der Waals surface area contributed by atoms with E-state index in [1.165, 1.54) is 19.2 Å². The standard InChI is InChI=1S/C16H24N2O4S.ClH/c1-12-4-5-14(13(10-12)15(19)22-3)23(20,21)18-11-16(2)6-8-17-9-7-16;/h4-5,10,17-18H,6-9,11H2,1-3H3;1H. The van der Waals surface area contributed by atoms with Crippen molar-refractivity contribution in [1.82, 2.24) is 10.0 Å². The Labute approximate surface area is 149 Å². The van der Waals surface area contributed by atoms with Gasteiger partial charge in [-0.05, 0) is 50.4 Å². The Morgan fingerprint density at radius 2 is 1.96 bits per heavy atom. The molecule has 1 aromatic carbocycles. The fourth-order valence-electron chi connectivity index (χ4n) is 2.70. The number of methoxy groups -OCH3 is 1. The zero-order valence-corrected chi connectivity index (χ0v) is 15.9. The van der Waals surface area contributed by atoms with Gasteiger partial charge in [-0.25, -0.2) is 17.9 Å². The Bertz CT molecular complexity index is 685. The van der Waals surface area contributed by atoms with Crippen LogP contribution < -0.4 is 10.0 Å². The summed E-state index contributed by atoms with van der Waals surface area (Å²) in [5.41, 5.74) is 0.791. The van der Waals surface area contributed by atoms with Gasteiger partial charge in [-0.15, -0.1) is 12.4 Å². The number of nitrogens with one attached hydrogen (secondary N) is 2. The smallest absolute Gasteiger partial charge is 0.339 e. The van der Waals surface area contributed by atoms with Crippen LogP contribution in [-0.2, 0) is 14.8 Å². The molecule has 0 aromatic heterocycles. The number of ether oxygens (including phenoxy) is 1. The van der Waals surface area contributed by atoms with Crippen molar-refractivity contribution < 1.29 is 17.9 Å². The van der Waals surface area contributed by atoms with Crippen LogP contribution in [0.3, 0.4) is 0 Å². The average molecular weight is 377 g/mol. The largest absolute Gasteiger partial charge is 0.465 e. The highest BCUT2D eigenvalue weighted by Gasteiger charge is 2.30. The van der Waals surface area contributed by atoms with Gasteiger partial charge in [0.25, 0.3) is 0 Å². The van der Waals surface area contributed by atoms with Crippen molar-refractivity contribution in [2.45, 2.75) is 31.6 Å². The number of carbonyl (C=O) groups is 1. The third-order valence-electron chi connectivity index (χ3n) is 4.33. The first-order valence-corrected chi connectivity index (χ1v) is 9.15. The van der Waals surface area contributed by atoms with Crippen LogP contribution in [0.25, 0.3) is 0 Å². The van der Waals surface area contributed by atoms with Gasteiger partial charge in [0.05, 0.1) is 17.6 Å². The van der Waals surface area contributed by atoms with Crippen LogP contribution in [0.1, 0.15) is 35.7 Å². The van der Waals surface area contributed by atoms with E-state index < -0.39 is 16.0 Å². The number of hydrogen-bond donors (Lipinski definition) is 2. The molecule has 0 unspecified atom stereocenters.